The van der Waals surface area contributed by atoms with Crippen LogP contribution in [0.3, 0.4) is 0 Å². The molecule has 0 N–H and O–H groups in total. The lowest BCUT2D eigenvalue weighted by Gasteiger charge is -2.32. The first-order valence-corrected chi connectivity index (χ1v) is 10.4. The normalized spacial score (nSPS) is 13.8. The van der Waals surface area contributed by atoms with Gasteiger partial charge in [0.15, 0.2) is 6.23 Å². The Bertz CT molecular complexity index is 332. The summed E-state index contributed by atoms with van der Waals surface area (Å²) >= 11 is 0. The summed E-state index contributed by atoms with van der Waals surface area (Å²) in [7, 11) is 6.18. The molecule has 0 aromatic rings. The van der Waals surface area contributed by atoms with Crippen molar-refractivity contribution >= 4 is 5.97 Å². The first kappa shape index (κ1) is 28.3. The number of halogens is 1. The molecular weight excluding hydrogens is 441 g/mol. The molecule has 158 valence electrons. The van der Waals surface area contributed by atoms with Gasteiger partial charge in [-0.2, -0.15) is 0 Å². The Labute approximate surface area is 180 Å². The van der Waals surface area contributed by atoms with Crippen molar-refractivity contribution in [2.24, 2.45) is 0 Å². The van der Waals surface area contributed by atoms with Crippen LogP contribution in [0.1, 0.15) is 97.8 Å². The number of hydrogen-bond acceptors (Lipinski definition) is 3. The predicted octanol–water partition coefficient (Wildman–Crippen LogP) is 2.65. The molecule has 5 heteroatoms. The maximum Gasteiger partial charge on any atom is 0.308 e. The molecule has 0 amide bonds. The van der Waals surface area contributed by atoms with Gasteiger partial charge in [-0.25, -0.2) is 0 Å². The molecule has 0 saturated carbocycles. The van der Waals surface area contributed by atoms with Crippen molar-refractivity contribution < 1.29 is 42.7 Å². The van der Waals surface area contributed by atoms with Crippen molar-refractivity contribution in [3.05, 3.63) is 0 Å². The fourth-order valence-electron chi connectivity index (χ4n) is 2.67. The highest BCUT2D eigenvalue weighted by atomic mass is 127. The van der Waals surface area contributed by atoms with Crippen molar-refractivity contribution in [2.45, 2.75) is 110 Å². The molecule has 0 aliphatic heterocycles. The van der Waals surface area contributed by atoms with Gasteiger partial charge in [0.1, 0.15) is 0 Å². The molecule has 0 heterocycles. The first-order valence-electron chi connectivity index (χ1n) is 10.4. The van der Waals surface area contributed by atoms with Gasteiger partial charge in [0.25, 0.3) is 0 Å². The number of esters is 1. The molecule has 0 aromatic carbocycles. The molecule has 2 unspecified atom stereocenters. The van der Waals surface area contributed by atoms with Gasteiger partial charge >= 0.3 is 5.97 Å². The Morgan fingerprint density at radius 2 is 1.23 bits per heavy atom. The minimum Gasteiger partial charge on any atom is -1.00 e. The molecule has 4 nitrogen and oxygen atoms in total. The highest BCUT2D eigenvalue weighted by Gasteiger charge is 2.22. The van der Waals surface area contributed by atoms with Crippen LogP contribution < -0.4 is 24.0 Å². The van der Waals surface area contributed by atoms with E-state index in [2.05, 4.69) is 28.1 Å². The Balaban J connectivity index is 0. The number of nitrogens with zero attached hydrogens (tertiary/aromatic N) is 1. The van der Waals surface area contributed by atoms with E-state index in [1.807, 2.05) is 6.92 Å². The zero-order valence-corrected chi connectivity index (χ0v) is 20.3. The Kier molecular flexibility index (Phi) is 18.8. The zero-order chi connectivity index (χ0) is 19.1. The van der Waals surface area contributed by atoms with Gasteiger partial charge in [0, 0.05) is 13.3 Å². The molecule has 0 rings (SSSR count). The molecule has 0 aliphatic carbocycles. The molecule has 0 spiro atoms. The lowest BCUT2D eigenvalue weighted by atomic mass is 10.1. The van der Waals surface area contributed by atoms with E-state index in [-0.39, 0.29) is 36.2 Å². The molecule has 0 fully saturated rings. The summed E-state index contributed by atoms with van der Waals surface area (Å²) in [6, 6.07) is 0. The third-order valence-corrected chi connectivity index (χ3v) is 4.76. The average Bonchev–Trinajstić information content (AvgIpc) is 2.51. The maximum absolute atomic E-state index is 11.8. The van der Waals surface area contributed by atoms with Crippen molar-refractivity contribution in [3.8, 4) is 0 Å². The average molecular weight is 485 g/mol. The number of carbonyl (C=O) groups is 1. The van der Waals surface area contributed by atoms with E-state index in [1.165, 1.54) is 57.8 Å². The van der Waals surface area contributed by atoms with Crippen molar-refractivity contribution in [2.75, 3.05) is 21.1 Å². The maximum atomic E-state index is 11.8. The number of hydrogen-bond donors (Lipinski definition) is 0. The second-order valence-electron chi connectivity index (χ2n) is 8.19. The number of ether oxygens (including phenoxy) is 2. The number of unbranched alkanes of at least 4 members (excludes halogenated alkanes) is 10. The van der Waals surface area contributed by atoms with E-state index in [4.69, 9.17) is 9.47 Å². The summed E-state index contributed by atoms with van der Waals surface area (Å²) in [5, 5.41) is 0. The Morgan fingerprint density at radius 1 is 0.808 bits per heavy atom. The second kappa shape index (κ2) is 17.2. The summed E-state index contributed by atoms with van der Waals surface area (Å²) in [6.45, 7) is 6.05. The van der Waals surface area contributed by atoms with E-state index in [1.54, 1.807) is 6.92 Å². The zero-order valence-electron chi connectivity index (χ0n) is 18.2. The first-order chi connectivity index (χ1) is 11.8. The molecule has 26 heavy (non-hydrogen) atoms. The van der Waals surface area contributed by atoms with E-state index in [0.29, 0.717) is 10.9 Å². The van der Waals surface area contributed by atoms with Crippen LogP contribution >= 0.6 is 0 Å². The standard InChI is InChI=1S/C21H44NO3.HI/c1-7-8-9-10-11-12-13-14-15-16-17-18-21(23)25-20(3)24-19(2)22(4,5)6;/h19-20H,7-18H2,1-6H3;1H/q+1;/p-1. The van der Waals surface area contributed by atoms with Gasteiger partial charge in [0.05, 0.1) is 21.1 Å². The van der Waals surface area contributed by atoms with Crippen LogP contribution in [0, 0.1) is 0 Å². The van der Waals surface area contributed by atoms with Crippen LogP contribution in [0.2, 0.25) is 0 Å². The van der Waals surface area contributed by atoms with E-state index in [0.717, 1.165) is 12.8 Å². The quantitative estimate of drug-likeness (QED) is 0.111. The fraction of sp³-hybridized carbons (Fsp3) is 0.952. The van der Waals surface area contributed by atoms with Crippen LogP contribution in [0.5, 0.6) is 0 Å². The van der Waals surface area contributed by atoms with Crippen LogP contribution in [-0.4, -0.2) is 44.1 Å². The SMILES string of the molecule is CCCCCCCCCCCCCC(=O)OC(C)OC(C)[N+](C)(C)C.[I-]. The molecule has 0 bridgehead atoms. The van der Waals surface area contributed by atoms with Crippen LogP contribution in [0.25, 0.3) is 0 Å². The largest absolute Gasteiger partial charge is 1.00 e. The topological polar surface area (TPSA) is 35.5 Å². The van der Waals surface area contributed by atoms with Crippen molar-refractivity contribution in [3.63, 3.8) is 0 Å². The monoisotopic (exact) mass is 485 g/mol. The second-order valence-corrected chi connectivity index (χ2v) is 8.19. The van der Waals surface area contributed by atoms with Crippen LogP contribution in [0.15, 0.2) is 0 Å². The van der Waals surface area contributed by atoms with Gasteiger partial charge in [-0.3, -0.25) is 9.53 Å². The summed E-state index contributed by atoms with van der Waals surface area (Å²) in [6.07, 6.45) is 14.2. The van der Waals surface area contributed by atoms with E-state index >= 15 is 0 Å². The minimum absolute atomic E-state index is 0. The molecule has 2 atom stereocenters. The number of rotatable bonds is 16. The lowest BCUT2D eigenvalue weighted by Crippen LogP contribution is -3.00. The Morgan fingerprint density at radius 3 is 1.65 bits per heavy atom. The number of carbonyl (C=O) groups excluding carboxylic acids is 1. The third kappa shape index (κ3) is 17.5. The summed E-state index contributed by atoms with van der Waals surface area (Å²) in [4.78, 5) is 11.8. The van der Waals surface area contributed by atoms with Crippen LogP contribution in [-0.2, 0) is 14.3 Å². The van der Waals surface area contributed by atoms with Gasteiger partial charge in [-0.15, -0.1) is 0 Å². The molecule has 0 aliphatic rings. The molecular formula is C21H44INO3. The van der Waals surface area contributed by atoms with Gasteiger partial charge in [0.2, 0.25) is 6.29 Å². The summed E-state index contributed by atoms with van der Waals surface area (Å²) in [5.74, 6) is -0.142. The van der Waals surface area contributed by atoms with Gasteiger partial charge in [-0.05, 0) is 13.3 Å². The van der Waals surface area contributed by atoms with E-state index < -0.39 is 6.29 Å². The van der Waals surface area contributed by atoms with Crippen molar-refractivity contribution in [1.82, 2.24) is 0 Å². The highest BCUT2D eigenvalue weighted by molar-refractivity contribution is 5.69. The van der Waals surface area contributed by atoms with Crippen LogP contribution in [0.4, 0.5) is 0 Å². The summed E-state index contributed by atoms with van der Waals surface area (Å²) in [5.41, 5.74) is 0. The molecule has 0 saturated heterocycles. The summed E-state index contributed by atoms with van der Waals surface area (Å²) < 4.78 is 11.7. The minimum atomic E-state index is -0.479. The highest BCUT2D eigenvalue weighted by Crippen LogP contribution is 2.13. The van der Waals surface area contributed by atoms with E-state index in [9.17, 15) is 4.79 Å². The molecule has 0 aromatic heterocycles. The lowest BCUT2D eigenvalue weighted by molar-refractivity contribution is -0.919. The fourth-order valence-corrected chi connectivity index (χ4v) is 2.67. The third-order valence-electron chi connectivity index (χ3n) is 4.76. The Hall–Kier alpha value is 0.120. The van der Waals surface area contributed by atoms with Gasteiger partial charge < -0.3 is 33.2 Å². The van der Waals surface area contributed by atoms with Gasteiger partial charge in [-0.1, -0.05) is 71.1 Å². The smallest absolute Gasteiger partial charge is 0.308 e. The van der Waals surface area contributed by atoms with Crippen molar-refractivity contribution in [1.29, 1.82) is 0 Å². The number of quaternary nitrogens is 1. The predicted molar refractivity (Wildman–Crippen MR) is 105 cm³/mol. The molecule has 0 radical (unpaired) electrons.